The van der Waals surface area contributed by atoms with E-state index in [0.717, 1.165) is 25.9 Å². The zero-order valence-electron chi connectivity index (χ0n) is 11.8. The average Bonchev–Trinajstić information content (AvgIpc) is 2.36. The standard InChI is InChI=1S/C14H26ClIO3/c1-13(7-6-8-14(15)17)19-12-11-18-10-5-3-2-4-9-16/h13H,2-12H2,1H3. The number of carbonyl (C=O) groups is 1. The van der Waals surface area contributed by atoms with Crippen LogP contribution in [0.15, 0.2) is 0 Å². The zero-order chi connectivity index (χ0) is 14.3. The van der Waals surface area contributed by atoms with Gasteiger partial charge in [0.25, 0.3) is 0 Å². The van der Waals surface area contributed by atoms with E-state index in [2.05, 4.69) is 22.6 Å². The van der Waals surface area contributed by atoms with E-state index in [1.165, 1.54) is 23.7 Å². The SMILES string of the molecule is CC(CCCC(=O)Cl)OCCOCCCCCCI. The second-order valence-corrected chi connectivity index (χ2v) is 6.14. The Bertz CT molecular complexity index is 215. The van der Waals surface area contributed by atoms with Crippen LogP contribution in [0.1, 0.15) is 51.9 Å². The van der Waals surface area contributed by atoms with E-state index in [4.69, 9.17) is 21.1 Å². The molecule has 0 saturated heterocycles. The van der Waals surface area contributed by atoms with Crippen LogP contribution in [-0.4, -0.2) is 35.6 Å². The third-order valence-electron chi connectivity index (χ3n) is 2.79. The highest BCUT2D eigenvalue weighted by atomic mass is 127. The first kappa shape index (κ1) is 19.6. The van der Waals surface area contributed by atoms with Crippen molar-refractivity contribution >= 4 is 39.4 Å². The first-order chi connectivity index (χ1) is 9.16. The second kappa shape index (κ2) is 15.0. The Morgan fingerprint density at radius 2 is 1.84 bits per heavy atom. The summed E-state index contributed by atoms with van der Waals surface area (Å²) in [5.74, 6) is 0. The predicted octanol–water partition coefficient (Wildman–Crippen LogP) is 4.34. The van der Waals surface area contributed by atoms with Crippen LogP contribution >= 0.6 is 34.2 Å². The molecular weight excluding hydrogens is 379 g/mol. The summed E-state index contributed by atoms with van der Waals surface area (Å²) in [6.45, 7) is 4.14. The lowest BCUT2D eigenvalue weighted by atomic mass is 10.2. The van der Waals surface area contributed by atoms with Gasteiger partial charge in [0, 0.05) is 13.0 Å². The van der Waals surface area contributed by atoms with Crippen LogP contribution in [0, 0.1) is 0 Å². The Balaban J connectivity index is 3.14. The summed E-state index contributed by atoms with van der Waals surface area (Å²) in [5.41, 5.74) is 0. The average molecular weight is 405 g/mol. The molecule has 5 heteroatoms. The summed E-state index contributed by atoms with van der Waals surface area (Å²) in [4.78, 5) is 10.6. The number of alkyl halides is 1. The molecule has 0 bridgehead atoms. The maximum absolute atomic E-state index is 10.6. The van der Waals surface area contributed by atoms with Gasteiger partial charge in [0.1, 0.15) is 0 Å². The summed E-state index contributed by atoms with van der Waals surface area (Å²) >= 11 is 7.68. The number of ether oxygens (including phenoxy) is 2. The van der Waals surface area contributed by atoms with Crippen molar-refractivity contribution in [1.82, 2.24) is 0 Å². The number of halogens is 2. The van der Waals surface area contributed by atoms with Crippen LogP contribution in [-0.2, 0) is 14.3 Å². The zero-order valence-corrected chi connectivity index (χ0v) is 14.7. The van der Waals surface area contributed by atoms with E-state index in [9.17, 15) is 4.79 Å². The van der Waals surface area contributed by atoms with E-state index >= 15 is 0 Å². The summed E-state index contributed by atoms with van der Waals surface area (Å²) in [5, 5.41) is -0.266. The van der Waals surface area contributed by atoms with Gasteiger partial charge in [-0.25, -0.2) is 0 Å². The molecule has 0 rings (SSSR count). The summed E-state index contributed by atoms with van der Waals surface area (Å²) < 4.78 is 12.3. The Morgan fingerprint density at radius 3 is 2.53 bits per heavy atom. The molecule has 114 valence electrons. The van der Waals surface area contributed by atoms with Crippen LogP contribution in [0.25, 0.3) is 0 Å². The fourth-order valence-corrected chi connectivity index (χ4v) is 2.35. The van der Waals surface area contributed by atoms with Crippen molar-refractivity contribution in [1.29, 1.82) is 0 Å². The van der Waals surface area contributed by atoms with Crippen molar-refractivity contribution in [3.8, 4) is 0 Å². The third-order valence-corrected chi connectivity index (χ3v) is 3.74. The molecule has 0 spiro atoms. The van der Waals surface area contributed by atoms with Crippen molar-refractivity contribution in [3.63, 3.8) is 0 Å². The third kappa shape index (κ3) is 16.6. The van der Waals surface area contributed by atoms with Crippen LogP contribution in [0.5, 0.6) is 0 Å². The van der Waals surface area contributed by atoms with Crippen molar-refractivity contribution < 1.29 is 14.3 Å². The highest BCUT2D eigenvalue weighted by molar-refractivity contribution is 14.1. The van der Waals surface area contributed by atoms with Gasteiger partial charge in [0.2, 0.25) is 5.24 Å². The van der Waals surface area contributed by atoms with Crippen molar-refractivity contribution in [2.75, 3.05) is 24.2 Å². The quantitative estimate of drug-likeness (QED) is 0.187. The van der Waals surface area contributed by atoms with Gasteiger partial charge in [-0.1, -0.05) is 35.4 Å². The fourth-order valence-electron chi connectivity index (χ4n) is 1.67. The van der Waals surface area contributed by atoms with E-state index in [1.807, 2.05) is 6.92 Å². The molecule has 0 aliphatic carbocycles. The molecule has 0 aromatic heterocycles. The Labute approximate surface area is 135 Å². The molecule has 0 aromatic rings. The van der Waals surface area contributed by atoms with Gasteiger partial charge in [0.15, 0.2) is 0 Å². The van der Waals surface area contributed by atoms with Crippen molar-refractivity contribution in [2.24, 2.45) is 0 Å². The lowest BCUT2D eigenvalue weighted by Gasteiger charge is -2.12. The minimum Gasteiger partial charge on any atom is -0.379 e. The molecule has 1 unspecified atom stereocenters. The lowest BCUT2D eigenvalue weighted by molar-refractivity contribution is -0.111. The summed E-state index contributed by atoms with van der Waals surface area (Å²) in [7, 11) is 0. The largest absolute Gasteiger partial charge is 0.379 e. The van der Waals surface area contributed by atoms with Gasteiger partial charge in [-0.05, 0) is 48.6 Å². The van der Waals surface area contributed by atoms with E-state index in [-0.39, 0.29) is 11.3 Å². The highest BCUT2D eigenvalue weighted by Gasteiger charge is 2.03. The fraction of sp³-hybridized carbons (Fsp3) is 0.929. The van der Waals surface area contributed by atoms with Crippen molar-refractivity contribution in [3.05, 3.63) is 0 Å². The Morgan fingerprint density at radius 1 is 1.11 bits per heavy atom. The highest BCUT2D eigenvalue weighted by Crippen LogP contribution is 2.06. The Kier molecular flexibility index (Phi) is 15.5. The molecule has 0 aromatic carbocycles. The minimum atomic E-state index is -0.266. The van der Waals surface area contributed by atoms with Gasteiger partial charge < -0.3 is 9.47 Å². The molecule has 0 N–H and O–H groups in total. The van der Waals surface area contributed by atoms with Crippen molar-refractivity contribution in [2.45, 2.75) is 58.0 Å². The maximum Gasteiger partial charge on any atom is 0.221 e. The molecular formula is C14H26ClIO3. The smallest absolute Gasteiger partial charge is 0.221 e. The molecule has 1 atom stereocenters. The number of hydrogen-bond acceptors (Lipinski definition) is 3. The first-order valence-corrected chi connectivity index (χ1v) is 9.00. The topological polar surface area (TPSA) is 35.5 Å². The molecule has 19 heavy (non-hydrogen) atoms. The van der Waals surface area contributed by atoms with Crippen LogP contribution in [0.4, 0.5) is 0 Å². The molecule has 0 radical (unpaired) electrons. The Hall–Kier alpha value is 0.610. The van der Waals surface area contributed by atoms with Crippen LogP contribution in [0.2, 0.25) is 0 Å². The number of rotatable bonds is 14. The monoisotopic (exact) mass is 404 g/mol. The van der Waals surface area contributed by atoms with Crippen LogP contribution in [0.3, 0.4) is 0 Å². The molecule has 0 heterocycles. The molecule has 0 aliphatic heterocycles. The number of hydrogen-bond donors (Lipinski definition) is 0. The molecule has 0 saturated carbocycles. The van der Waals surface area contributed by atoms with E-state index < -0.39 is 0 Å². The number of carbonyl (C=O) groups excluding carboxylic acids is 1. The van der Waals surface area contributed by atoms with Gasteiger partial charge in [0.05, 0.1) is 19.3 Å². The minimum absolute atomic E-state index is 0.170. The summed E-state index contributed by atoms with van der Waals surface area (Å²) in [6, 6.07) is 0. The predicted molar refractivity (Wildman–Crippen MR) is 88.3 cm³/mol. The second-order valence-electron chi connectivity index (χ2n) is 4.64. The van der Waals surface area contributed by atoms with Crippen LogP contribution < -0.4 is 0 Å². The van der Waals surface area contributed by atoms with Gasteiger partial charge in [-0.15, -0.1) is 0 Å². The first-order valence-electron chi connectivity index (χ1n) is 7.10. The lowest BCUT2D eigenvalue weighted by Crippen LogP contribution is -2.13. The van der Waals surface area contributed by atoms with E-state index in [0.29, 0.717) is 19.6 Å². The molecule has 0 amide bonds. The van der Waals surface area contributed by atoms with Gasteiger partial charge in [-0.3, -0.25) is 4.79 Å². The van der Waals surface area contributed by atoms with Gasteiger partial charge >= 0.3 is 0 Å². The summed E-state index contributed by atoms with van der Waals surface area (Å²) in [6.07, 6.45) is 7.28. The van der Waals surface area contributed by atoms with Gasteiger partial charge in [-0.2, -0.15) is 0 Å². The molecule has 3 nitrogen and oxygen atoms in total. The molecule has 0 fully saturated rings. The maximum atomic E-state index is 10.6. The van der Waals surface area contributed by atoms with E-state index in [1.54, 1.807) is 0 Å². The molecule has 0 aliphatic rings. The normalized spacial score (nSPS) is 12.6. The number of unbranched alkanes of at least 4 members (excludes halogenated alkanes) is 3.